The SMILES string of the molecule is COc1ccc(CN2C[C@@H]3[C@@H](C2)c2cc(-c4cnn(C)c4)ccc2S3(=O)=O)cc1. The van der Waals surface area contributed by atoms with Crippen molar-refractivity contribution in [3.05, 3.63) is 66.0 Å². The molecule has 1 fully saturated rings. The Morgan fingerprint density at radius 1 is 1.10 bits per heavy atom. The van der Waals surface area contributed by atoms with Gasteiger partial charge in [-0.1, -0.05) is 18.2 Å². The Balaban J connectivity index is 1.43. The number of benzene rings is 2. The molecule has 0 aliphatic carbocycles. The zero-order chi connectivity index (χ0) is 20.2. The number of likely N-dealkylation sites (tertiary alicyclic amines) is 1. The fourth-order valence-electron chi connectivity index (χ4n) is 4.59. The second kappa shape index (κ2) is 6.71. The molecule has 2 aromatic carbocycles. The molecule has 5 rings (SSSR count). The minimum Gasteiger partial charge on any atom is -0.497 e. The minimum absolute atomic E-state index is 0.0184. The maximum absolute atomic E-state index is 13.1. The smallest absolute Gasteiger partial charge is 0.183 e. The van der Waals surface area contributed by atoms with Crippen LogP contribution in [0.5, 0.6) is 5.75 Å². The monoisotopic (exact) mass is 409 g/mol. The van der Waals surface area contributed by atoms with Crippen LogP contribution in [0.15, 0.2) is 59.8 Å². The molecule has 0 unspecified atom stereocenters. The zero-order valence-electron chi connectivity index (χ0n) is 16.4. The molecule has 2 aliphatic rings. The number of hydrogen-bond donors (Lipinski definition) is 0. The van der Waals surface area contributed by atoms with E-state index in [1.165, 1.54) is 0 Å². The second-order valence-corrected chi connectivity index (χ2v) is 10.0. The van der Waals surface area contributed by atoms with Crippen LogP contribution >= 0.6 is 0 Å². The molecule has 0 saturated carbocycles. The lowest BCUT2D eigenvalue weighted by atomic mass is 9.95. The fraction of sp³-hybridized carbons (Fsp3) is 0.318. The molecule has 7 heteroatoms. The van der Waals surface area contributed by atoms with E-state index in [1.807, 2.05) is 55.8 Å². The predicted molar refractivity (Wildman–Crippen MR) is 111 cm³/mol. The van der Waals surface area contributed by atoms with Gasteiger partial charge in [-0.25, -0.2) is 8.42 Å². The summed E-state index contributed by atoms with van der Waals surface area (Å²) in [5, 5.41) is 3.87. The summed E-state index contributed by atoms with van der Waals surface area (Å²) in [6.07, 6.45) is 3.76. The van der Waals surface area contributed by atoms with Crippen molar-refractivity contribution in [1.82, 2.24) is 14.7 Å². The van der Waals surface area contributed by atoms with Gasteiger partial charge < -0.3 is 4.74 Å². The molecule has 150 valence electrons. The maximum Gasteiger partial charge on any atom is 0.183 e. The largest absolute Gasteiger partial charge is 0.497 e. The van der Waals surface area contributed by atoms with Crippen LogP contribution in [-0.2, 0) is 23.4 Å². The van der Waals surface area contributed by atoms with E-state index < -0.39 is 9.84 Å². The molecule has 0 radical (unpaired) electrons. The zero-order valence-corrected chi connectivity index (χ0v) is 17.3. The Labute approximate surface area is 170 Å². The van der Waals surface area contributed by atoms with Gasteiger partial charge in [0.2, 0.25) is 0 Å². The third kappa shape index (κ3) is 3.05. The Morgan fingerprint density at radius 3 is 2.59 bits per heavy atom. The molecule has 0 amide bonds. The number of nitrogens with zero attached hydrogens (tertiary/aromatic N) is 3. The van der Waals surface area contributed by atoms with Gasteiger partial charge in [-0.05, 0) is 41.0 Å². The highest BCUT2D eigenvalue weighted by Gasteiger charge is 2.50. The van der Waals surface area contributed by atoms with Crippen LogP contribution in [0.4, 0.5) is 0 Å². The summed E-state index contributed by atoms with van der Waals surface area (Å²) in [4.78, 5) is 2.75. The molecule has 3 heterocycles. The first-order valence-electron chi connectivity index (χ1n) is 9.68. The first kappa shape index (κ1) is 18.4. The number of aryl methyl sites for hydroxylation is 1. The van der Waals surface area contributed by atoms with Crippen LogP contribution < -0.4 is 4.74 Å². The molecule has 3 aromatic rings. The van der Waals surface area contributed by atoms with E-state index >= 15 is 0 Å². The van der Waals surface area contributed by atoms with Gasteiger partial charge >= 0.3 is 0 Å². The van der Waals surface area contributed by atoms with Gasteiger partial charge in [0.05, 0.1) is 23.5 Å². The Kier molecular flexibility index (Phi) is 4.26. The lowest BCUT2D eigenvalue weighted by Gasteiger charge is -2.17. The molecule has 0 bridgehead atoms. The minimum atomic E-state index is -3.30. The summed E-state index contributed by atoms with van der Waals surface area (Å²) in [7, 11) is 0.237. The lowest BCUT2D eigenvalue weighted by Crippen LogP contribution is -2.25. The van der Waals surface area contributed by atoms with Crippen molar-refractivity contribution < 1.29 is 13.2 Å². The second-order valence-electron chi connectivity index (χ2n) is 7.89. The molecule has 6 nitrogen and oxygen atoms in total. The van der Waals surface area contributed by atoms with Crippen molar-refractivity contribution in [2.45, 2.75) is 22.6 Å². The molecule has 1 saturated heterocycles. The van der Waals surface area contributed by atoms with Crippen molar-refractivity contribution in [2.75, 3.05) is 20.2 Å². The third-order valence-corrected chi connectivity index (χ3v) is 8.32. The van der Waals surface area contributed by atoms with E-state index in [4.69, 9.17) is 4.74 Å². The van der Waals surface area contributed by atoms with E-state index in [0.29, 0.717) is 11.4 Å². The summed E-state index contributed by atoms with van der Waals surface area (Å²) < 4.78 is 33.3. The van der Waals surface area contributed by atoms with Crippen LogP contribution in [0.1, 0.15) is 17.0 Å². The van der Waals surface area contributed by atoms with E-state index in [2.05, 4.69) is 10.00 Å². The Bertz CT molecular complexity index is 1170. The topological polar surface area (TPSA) is 64.4 Å². The maximum atomic E-state index is 13.1. The molecule has 2 aliphatic heterocycles. The first-order chi connectivity index (χ1) is 14.0. The van der Waals surface area contributed by atoms with E-state index in [0.717, 1.165) is 41.1 Å². The van der Waals surface area contributed by atoms with Gasteiger partial charge in [0.15, 0.2) is 9.84 Å². The molecule has 29 heavy (non-hydrogen) atoms. The van der Waals surface area contributed by atoms with Crippen LogP contribution in [0.3, 0.4) is 0 Å². The molecule has 0 N–H and O–H groups in total. The number of ether oxygens (including phenoxy) is 1. The highest BCUT2D eigenvalue weighted by Crippen LogP contribution is 2.46. The predicted octanol–water partition coefficient (Wildman–Crippen LogP) is 2.85. The van der Waals surface area contributed by atoms with Crippen LogP contribution in [0.2, 0.25) is 0 Å². The standard InChI is InChI=1S/C22H23N3O3S/c1-24-12-17(10-23-24)16-5-8-21-19(9-16)20-13-25(14-22(20)29(21,26)27)11-15-3-6-18(28-2)7-4-15/h3-10,12,20,22H,11,13-14H2,1-2H3/t20-,22+/m0/s1. The highest BCUT2D eigenvalue weighted by molar-refractivity contribution is 7.92. The Hall–Kier alpha value is -2.64. The number of hydrogen-bond acceptors (Lipinski definition) is 5. The number of sulfone groups is 1. The number of aromatic nitrogens is 2. The molecular weight excluding hydrogens is 386 g/mol. The van der Waals surface area contributed by atoms with Gasteiger partial charge in [0, 0.05) is 44.4 Å². The number of methoxy groups -OCH3 is 1. The van der Waals surface area contributed by atoms with Crippen molar-refractivity contribution in [3.8, 4) is 16.9 Å². The van der Waals surface area contributed by atoms with Crippen molar-refractivity contribution in [1.29, 1.82) is 0 Å². The lowest BCUT2D eigenvalue weighted by molar-refractivity contribution is 0.325. The van der Waals surface area contributed by atoms with Crippen molar-refractivity contribution in [3.63, 3.8) is 0 Å². The average Bonchev–Trinajstić information content (AvgIpc) is 3.39. The molecule has 0 spiro atoms. The molecule has 1 aromatic heterocycles. The number of fused-ring (bicyclic) bond motifs is 3. The molecule has 2 atom stereocenters. The summed E-state index contributed by atoms with van der Waals surface area (Å²) in [5.41, 5.74) is 4.13. The van der Waals surface area contributed by atoms with Crippen LogP contribution in [-0.4, -0.2) is 48.5 Å². The van der Waals surface area contributed by atoms with E-state index in [1.54, 1.807) is 17.9 Å². The molecular formula is C22H23N3O3S. The number of rotatable bonds is 4. The van der Waals surface area contributed by atoms with E-state index in [9.17, 15) is 8.42 Å². The summed E-state index contributed by atoms with van der Waals surface area (Å²) >= 11 is 0. The van der Waals surface area contributed by atoms with Crippen LogP contribution in [0, 0.1) is 0 Å². The normalized spacial score (nSPS) is 22.4. The van der Waals surface area contributed by atoms with Gasteiger partial charge in [-0.2, -0.15) is 5.10 Å². The third-order valence-electron chi connectivity index (χ3n) is 6.06. The average molecular weight is 410 g/mol. The summed E-state index contributed by atoms with van der Waals surface area (Å²) in [6, 6.07) is 13.7. The summed E-state index contributed by atoms with van der Waals surface area (Å²) in [6.45, 7) is 2.06. The van der Waals surface area contributed by atoms with Gasteiger partial charge in [-0.15, -0.1) is 0 Å². The quantitative estimate of drug-likeness (QED) is 0.663. The summed E-state index contributed by atoms with van der Waals surface area (Å²) in [5.74, 6) is 0.844. The van der Waals surface area contributed by atoms with Gasteiger partial charge in [0.1, 0.15) is 5.75 Å². The Morgan fingerprint density at radius 2 is 1.90 bits per heavy atom. The van der Waals surface area contributed by atoms with Gasteiger partial charge in [-0.3, -0.25) is 9.58 Å². The highest BCUT2D eigenvalue weighted by atomic mass is 32.2. The van der Waals surface area contributed by atoms with Crippen LogP contribution in [0.25, 0.3) is 11.1 Å². The van der Waals surface area contributed by atoms with Crippen molar-refractivity contribution in [2.24, 2.45) is 7.05 Å². The van der Waals surface area contributed by atoms with E-state index in [-0.39, 0.29) is 11.2 Å². The van der Waals surface area contributed by atoms with Gasteiger partial charge in [0.25, 0.3) is 0 Å². The fourth-order valence-corrected chi connectivity index (χ4v) is 6.79. The first-order valence-corrected chi connectivity index (χ1v) is 11.2. The van der Waals surface area contributed by atoms with Crippen molar-refractivity contribution >= 4 is 9.84 Å².